The average Bonchev–Trinajstić information content (AvgIpc) is 3.65. The van der Waals surface area contributed by atoms with Crippen LogP contribution >= 0.6 is 11.3 Å². The molecule has 194 valence electrons. The Balaban J connectivity index is 1.37. The number of hydrogen-bond donors (Lipinski definition) is 3. The van der Waals surface area contributed by atoms with Crippen molar-refractivity contribution in [2.24, 2.45) is 0 Å². The minimum absolute atomic E-state index is 0.0659. The number of nitrogens with one attached hydrogen (secondary N) is 3. The van der Waals surface area contributed by atoms with Crippen LogP contribution in [0.15, 0.2) is 67.1 Å². The zero-order valence-corrected chi connectivity index (χ0v) is 22.4. The molecule has 0 spiro atoms. The Morgan fingerprint density at radius 2 is 1.85 bits per heavy atom. The maximum Gasteiger partial charge on any atom is 0.238 e. The summed E-state index contributed by atoms with van der Waals surface area (Å²) in [5.74, 6) is -0.0425. The minimum atomic E-state index is -0.108. The van der Waals surface area contributed by atoms with Gasteiger partial charge in [0.15, 0.2) is 11.4 Å². The van der Waals surface area contributed by atoms with Gasteiger partial charge in [-0.25, -0.2) is 4.98 Å². The Morgan fingerprint density at radius 3 is 2.64 bits per heavy atom. The second-order valence-electron chi connectivity index (χ2n) is 9.61. The van der Waals surface area contributed by atoms with Crippen LogP contribution in [0, 0.1) is 0 Å². The number of H-pyrrole nitrogens is 2. The van der Waals surface area contributed by atoms with Crippen molar-refractivity contribution in [2.75, 3.05) is 26.0 Å². The van der Waals surface area contributed by atoms with Crippen LogP contribution in [0.1, 0.15) is 16.6 Å². The molecule has 0 atom stereocenters. The highest BCUT2D eigenvalue weighted by atomic mass is 32.1. The Morgan fingerprint density at radius 1 is 1.00 bits per heavy atom. The predicted octanol–water partition coefficient (Wildman–Crippen LogP) is 5.60. The molecule has 0 aliphatic rings. The van der Waals surface area contributed by atoms with Gasteiger partial charge in [-0.05, 0) is 57.4 Å². The topological polar surface area (TPSA) is 120 Å². The van der Waals surface area contributed by atoms with Crippen molar-refractivity contribution in [1.29, 1.82) is 0 Å². The van der Waals surface area contributed by atoms with Crippen LogP contribution in [-0.2, 0) is 4.79 Å². The Labute approximate surface area is 227 Å². The van der Waals surface area contributed by atoms with Crippen LogP contribution in [0.25, 0.3) is 54.9 Å². The first kappa shape index (κ1) is 24.7. The standard InChI is InChI=1S/C29H25N7O2S/c1-16(37)25-7-8-26(39-25)20-5-4-6-23-21(20)11-24(33-23)28-22-10-18(13-31-29(22)35-34-28)17-9-19(14-30-12-17)32-27(38)15-36(2)3/h4-14,33H,15H2,1-3H3,(H,32,38)(H,31,34,35). The highest BCUT2D eigenvalue weighted by molar-refractivity contribution is 7.17. The molecule has 5 heterocycles. The lowest BCUT2D eigenvalue weighted by Crippen LogP contribution is -2.27. The number of aromatic nitrogens is 5. The molecule has 5 aromatic heterocycles. The number of benzene rings is 1. The van der Waals surface area contributed by atoms with Crippen LogP contribution in [0.3, 0.4) is 0 Å². The third-order valence-electron chi connectivity index (χ3n) is 6.37. The third kappa shape index (κ3) is 4.83. The van der Waals surface area contributed by atoms with Crippen molar-refractivity contribution in [1.82, 2.24) is 30.0 Å². The molecule has 0 fully saturated rings. The van der Waals surface area contributed by atoms with Crippen molar-refractivity contribution in [3.8, 4) is 33.0 Å². The molecule has 0 radical (unpaired) electrons. The maximum atomic E-state index is 12.2. The molecule has 9 nitrogen and oxygen atoms in total. The van der Waals surface area contributed by atoms with E-state index < -0.39 is 0 Å². The number of nitrogens with zero attached hydrogens (tertiary/aromatic N) is 4. The first-order valence-electron chi connectivity index (χ1n) is 12.3. The van der Waals surface area contributed by atoms with Crippen molar-refractivity contribution >= 4 is 50.7 Å². The summed E-state index contributed by atoms with van der Waals surface area (Å²) in [6.07, 6.45) is 5.14. The van der Waals surface area contributed by atoms with Crippen molar-refractivity contribution in [2.45, 2.75) is 6.92 Å². The number of rotatable bonds is 7. The zero-order chi connectivity index (χ0) is 27.1. The number of carbonyl (C=O) groups is 2. The van der Waals surface area contributed by atoms with E-state index in [0.717, 1.165) is 54.1 Å². The molecule has 1 amide bonds. The van der Waals surface area contributed by atoms with Crippen molar-refractivity contribution in [3.05, 3.63) is 72.0 Å². The summed E-state index contributed by atoms with van der Waals surface area (Å²) in [6, 6.07) is 16.0. The van der Waals surface area contributed by atoms with E-state index in [0.29, 0.717) is 11.3 Å². The number of thiophene rings is 1. The smallest absolute Gasteiger partial charge is 0.238 e. The molecule has 6 rings (SSSR count). The fraction of sp³-hybridized carbons (Fsp3) is 0.138. The van der Waals surface area contributed by atoms with Gasteiger partial charge < -0.3 is 15.2 Å². The Hall–Kier alpha value is -4.67. The minimum Gasteiger partial charge on any atom is -0.353 e. The summed E-state index contributed by atoms with van der Waals surface area (Å²) in [6.45, 7) is 1.87. The lowest BCUT2D eigenvalue weighted by Gasteiger charge is -2.10. The number of ketones is 1. The molecule has 0 aliphatic heterocycles. The number of aromatic amines is 2. The molecular formula is C29H25N7O2S. The van der Waals surface area contributed by atoms with Gasteiger partial charge in [0.25, 0.3) is 0 Å². The lowest BCUT2D eigenvalue weighted by molar-refractivity contribution is -0.116. The fourth-order valence-corrected chi connectivity index (χ4v) is 5.53. The number of hydrogen-bond acceptors (Lipinski definition) is 7. The van der Waals surface area contributed by atoms with Gasteiger partial charge in [0, 0.05) is 50.3 Å². The summed E-state index contributed by atoms with van der Waals surface area (Å²) in [4.78, 5) is 40.0. The number of Topliss-reactive ketones (excluding diaryl/α,β-unsaturated/α-hetero) is 1. The molecule has 0 unspecified atom stereocenters. The van der Waals surface area contributed by atoms with Crippen molar-refractivity contribution < 1.29 is 9.59 Å². The monoisotopic (exact) mass is 535 g/mol. The number of fused-ring (bicyclic) bond motifs is 2. The summed E-state index contributed by atoms with van der Waals surface area (Å²) >= 11 is 1.50. The molecule has 0 bridgehead atoms. The average molecular weight is 536 g/mol. The number of likely N-dealkylation sites (N-methyl/N-ethyl adjacent to an activating group) is 1. The first-order valence-corrected chi connectivity index (χ1v) is 13.1. The molecular weight excluding hydrogens is 510 g/mol. The van der Waals surface area contributed by atoms with Gasteiger partial charge in [-0.2, -0.15) is 5.10 Å². The normalized spacial score (nSPS) is 11.5. The van der Waals surface area contributed by atoms with Crippen LogP contribution in [-0.4, -0.2) is 62.4 Å². The van der Waals surface area contributed by atoms with Gasteiger partial charge in [-0.3, -0.25) is 19.7 Å². The highest BCUT2D eigenvalue weighted by Gasteiger charge is 2.16. The van der Waals surface area contributed by atoms with Gasteiger partial charge in [-0.1, -0.05) is 12.1 Å². The summed E-state index contributed by atoms with van der Waals surface area (Å²) in [5.41, 5.74) is 6.62. The van der Waals surface area contributed by atoms with E-state index >= 15 is 0 Å². The summed E-state index contributed by atoms with van der Waals surface area (Å²) in [7, 11) is 3.69. The van der Waals surface area contributed by atoms with Gasteiger partial charge in [0.2, 0.25) is 5.91 Å². The van der Waals surface area contributed by atoms with E-state index in [-0.39, 0.29) is 18.2 Å². The van der Waals surface area contributed by atoms with E-state index in [9.17, 15) is 9.59 Å². The molecule has 3 N–H and O–H groups in total. The molecule has 0 saturated carbocycles. The predicted molar refractivity (Wildman–Crippen MR) is 155 cm³/mol. The van der Waals surface area contributed by atoms with E-state index in [1.807, 2.05) is 55.4 Å². The molecule has 0 saturated heterocycles. The molecule has 1 aromatic carbocycles. The summed E-state index contributed by atoms with van der Waals surface area (Å²) in [5, 5.41) is 12.4. The SMILES string of the molecule is CC(=O)c1ccc(-c2cccc3[nH]c(-c4n[nH]c5ncc(-c6cncc(NC(=O)CN(C)C)c6)cc45)cc23)s1. The second-order valence-corrected chi connectivity index (χ2v) is 10.7. The second kappa shape index (κ2) is 9.90. The number of pyridine rings is 2. The van der Waals surface area contributed by atoms with E-state index in [1.165, 1.54) is 11.3 Å². The maximum absolute atomic E-state index is 12.2. The van der Waals surface area contributed by atoms with E-state index in [1.54, 1.807) is 25.5 Å². The Kier molecular flexibility index (Phi) is 6.26. The molecule has 0 aliphatic carbocycles. The number of amides is 1. The molecule has 6 aromatic rings. The molecule has 10 heteroatoms. The van der Waals surface area contributed by atoms with Crippen LogP contribution < -0.4 is 5.32 Å². The highest BCUT2D eigenvalue weighted by Crippen LogP contribution is 2.37. The van der Waals surface area contributed by atoms with Crippen LogP contribution in [0.2, 0.25) is 0 Å². The number of anilines is 1. The van der Waals surface area contributed by atoms with Gasteiger partial charge in [0.05, 0.1) is 29.0 Å². The Bertz CT molecular complexity index is 1860. The van der Waals surface area contributed by atoms with E-state index in [2.05, 4.69) is 42.6 Å². The third-order valence-corrected chi connectivity index (χ3v) is 7.59. The van der Waals surface area contributed by atoms with Gasteiger partial charge in [0.1, 0.15) is 5.69 Å². The number of carbonyl (C=O) groups excluding carboxylic acids is 2. The zero-order valence-electron chi connectivity index (χ0n) is 21.6. The van der Waals surface area contributed by atoms with E-state index in [4.69, 9.17) is 0 Å². The largest absolute Gasteiger partial charge is 0.353 e. The van der Waals surface area contributed by atoms with Crippen LogP contribution in [0.4, 0.5) is 5.69 Å². The van der Waals surface area contributed by atoms with Crippen molar-refractivity contribution in [3.63, 3.8) is 0 Å². The lowest BCUT2D eigenvalue weighted by atomic mass is 10.1. The van der Waals surface area contributed by atoms with Gasteiger partial charge >= 0.3 is 0 Å². The quantitative estimate of drug-likeness (QED) is 0.229. The summed E-state index contributed by atoms with van der Waals surface area (Å²) < 4.78 is 0. The molecule has 39 heavy (non-hydrogen) atoms. The van der Waals surface area contributed by atoms with Gasteiger partial charge in [-0.15, -0.1) is 11.3 Å². The fourth-order valence-electron chi connectivity index (χ4n) is 4.59. The first-order chi connectivity index (χ1) is 18.9. The van der Waals surface area contributed by atoms with Crippen LogP contribution in [0.5, 0.6) is 0 Å².